The largest absolute Gasteiger partial charge is 0.376 e. The maximum atomic E-state index is 11.6. The van der Waals surface area contributed by atoms with Crippen molar-refractivity contribution in [3.8, 4) is 0 Å². The zero-order chi connectivity index (χ0) is 14.4. The van der Waals surface area contributed by atoms with Crippen LogP contribution >= 0.6 is 0 Å². The third-order valence-electron chi connectivity index (χ3n) is 2.25. The van der Waals surface area contributed by atoms with Gasteiger partial charge in [-0.15, -0.1) is 0 Å². The fraction of sp³-hybridized carbons (Fsp3) is 0.250. The lowest BCUT2D eigenvalue weighted by molar-refractivity contribution is -0.118. The Bertz CT molecular complexity index is 482. The number of hydrogen-bond acceptors (Lipinski definition) is 4. The lowest BCUT2D eigenvalue weighted by Crippen LogP contribution is -2.38. The van der Waals surface area contributed by atoms with E-state index < -0.39 is 11.9 Å². The highest BCUT2D eigenvalue weighted by atomic mass is 16.2. The van der Waals surface area contributed by atoms with E-state index in [4.69, 9.17) is 5.73 Å². The van der Waals surface area contributed by atoms with E-state index in [0.717, 1.165) is 0 Å². The number of primary amides is 1. The summed E-state index contributed by atoms with van der Waals surface area (Å²) >= 11 is 0. The van der Waals surface area contributed by atoms with Crippen LogP contribution in [0.1, 0.15) is 10.4 Å². The molecule has 4 amide bonds. The summed E-state index contributed by atoms with van der Waals surface area (Å²) in [6, 6.07) is 5.76. The highest BCUT2D eigenvalue weighted by Gasteiger charge is 2.07. The van der Waals surface area contributed by atoms with Gasteiger partial charge in [-0.3, -0.25) is 14.9 Å². The van der Waals surface area contributed by atoms with Crippen LogP contribution < -0.4 is 16.4 Å². The molecule has 0 unspecified atom stereocenters. The van der Waals surface area contributed by atoms with Gasteiger partial charge in [-0.05, 0) is 24.3 Å². The Balaban J connectivity index is 2.55. The molecule has 0 radical (unpaired) electrons. The van der Waals surface area contributed by atoms with Crippen LogP contribution in [-0.2, 0) is 4.79 Å². The minimum Gasteiger partial charge on any atom is -0.376 e. The number of amides is 4. The third-order valence-corrected chi connectivity index (χ3v) is 2.25. The number of imide groups is 1. The van der Waals surface area contributed by atoms with Gasteiger partial charge in [0.25, 0.3) is 5.91 Å². The number of rotatable bonds is 4. The van der Waals surface area contributed by atoms with E-state index >= 15 is 0 Å². The summed E-state index contributed by atoms with van der Waals surface area (Å²) in [7, 11) is 3.34. The Hall–Kier alpha value is -2.57. The van der Waals surface area contributed by atoms with E-state index in [2.05, 4.69) is 5.32 Å². The van der Waals surface area contributed by atoms with E-state index in [1.54, 1.807) is 38.4 Å². The highest BCUT2D eigenvalue weighted by molar-refractivity contribution is 5.96. The second kappa shape index (κ2) is 6.39. The van der Waals surface area contributed by atoms with Crippen LogP contribution in [0, 0.1) is 0 Å². The number of nitrogens with one attached hydrogen (secondary N) is 2. The number of carbonyl (C=O) groups excluding carboxylic acids is 3. The maximum Gasteiger partial charge on any atom is 0.318 e. The van der Waals surface area contributed by atoms with Crippen LogP contribution in [-0.4, -0.2) is 43.4 Å². The summed E-state index contributed by atoms with van der Waals surface area (Å²) in [5.41, 5.74) is 6.02. The number of anilines is 1. The Labute approximate surface area is 110 Å². The summed E-state index contributed by atoms with van der Waals surface area (Å²) in [4.78, 5) is 34.7. The van der Waals surface area contributed by atoms with E-state index in [1.807, 2.05) is 5.32 Å². The zero-order valence-electron chi connectivity index (χ0n) is 10.8. The summed E-state index contributed by atoms with van der Waals surface area (Å²) in [5.74, 6) is -0.626. The quantitative estimate of drug-likeness (QED) is 0.711. The van der Waals surface area contributed by atoms with Crippen molar-refractivity contribution in [3.63, 3.8) is 0 Å². The Morgan fingerprint density at radius 1 is 1.16 bits per heavy atom. The van der Waals surface area contributed by atoms with Crippen molar-refractivity contribution in [2.45, 2.75) is 0 Å². The van der Waals surface area contributed by atoms with E-state index in [9.17, 15) is 14.4 Å². The molecule has 102 valence electrons. The maximum absolute atomic E-state index is 11.6. The lowest BCUT2D eigenvalue weighted by atomic mass is 10.2. The van der Waals surface area contributed by atoms with E-state index in [1.165, 1.54) is 4.90 Å². The van der Waals surface area contributed by atoms with Crippen molar-refractivity contribution in [3.05, 3.63) is 29.8 Å². The van der Waals surface area contributed by atoms with Crippen LogP contribution in [0.2, 0.25) is 0 Å². The molecule has 0 spiro atoms. The number of urea groups is 1. The van der Waals surface area contributed by atoms with Crippen LogP contribution in [0.3, 0.4) is 0 Å². The molecular weight excluding hydrogens is 248 g/mol. The molecule has 1 aromatic carbocycles. The van der Waals surface area contributed by atoms with Gasteiger partial charge >= 0.3 is 6.03 Å². The fourth-order valence-electron chi connectivity index (χ4n) is 1.35. The molecule has 19 heavy (non-hydrogen) atoms. The van der Waals surface area contributed by atoms with Crippen molar-refractivity contribution in [1.29, 1.82) is 0 Å². The fourth-order valence-corrected chi connectivity index (χ4v) is 1.35. The topological polar surface area (TPSA) is 105 Å². The monoisotopic (exact) mass is 264 g/mol. The van der Waals surface area contributed by atoms with Gasteiger partial charge in [0.1, 0.15) is 0 Å². The minimum absolute atomic E-state index is 0.0795. The van der Waals surface area contributed by atoms with Crippen molar-refractivity contribution in [1.82, 2.24) is 10.2 Å². The highest BCUT2D eigenvalue weighted by Crippen LogP contribution is 2.10. The SMILES string of the molecule is CN(C)C(=O)c1ccc(NCC(=O)NC(N)=O)cc1. The summed E-state index contributed by atoms with van der Waals surface area (Å²) in [5, 5.41) is 4.73. The normalized spacial score (nSPS) is 9.58. The molecule has 0 saturated carbocycles. The van der Waals surface area contributed by atoms with Gasteiger partial charge < -0.3 is 16.0 Å². The molecule has 0 saturated heterocycles. The molecule has 0 aliphatic heterocycles. The van der Waals surface area contributed by atoms with E-state index in [0.29, 0.717) is 11.3 Å². The average molecular weight is 264 g/mol. The summed E-state index contributed by atoms with van der Waals surface area (Å²) in [6.07, 6.45) is 0. The molecule has 0 aliphatic carbocycles. The van der Waals surface area contributed by atoms with Gasteiger partial charge in [0.2, 0.25) is 5.91 Å². The zero-order valence-corrected chi connectivity index (χ0v) is 10.8. The van der Waals surface area contributed by atoms with Crippen molar-refractivity contribution in [2.24, 2.45) is 5.73 Å². The molecule has 0 bridgehead atoms. The van der Waals surface area contributed by atoms with Gasteiger partial charge in [-0.2, -0.15) is 0 Å². The van der Waals surface area contributed by atoms with Gasteiger partial charge in [0.15, 0.2) is 0 Å². The lowest BCUT2D eigenvalue weighted by Gasteiger charge is -2.11. The molecule has 0 fully saturated rings. The molecule has 7 heteroatoms. The van der Waals surface area contributed by atoms with Gasteiger partial charge in [-0.1, -0.05) is 0 Å². The van der Waals surface area contributed by atoms with Gasteiger partial charge in [-0.25, -0.2) is 4.79 Å². The molecule has 0 heterocycles. The van der Waals surface area contributed by atoms with E-state index in [-0.39, 0.29) is 12.5 Å². The number of nitrogens with zero attached hydrogens (tertiary/aromatic N) is 1. The van der Waals surface area contributed by atoms with Crippen LogP contribution in [0.4, 0.5) is 10.5 Å². The van der Waals surface area contributed by atoms with Crippen molar-refractivity contribution < 1.29 is 14.4 Å². The van der Waals surface area contributed by atoms with Crippen LogP contribution in [0.15, 0.2) is 24.3 Å². The van der Waals surface area contributed by atoms with Crippen LogP contribution in [0.25, 0.3) is 0 Å². The Kier molecular flexibility index (Phi) is 4.87. The standard InChI is InChI=1S/C12H16N4O3/c1-16(2)11(18)8-3-5-9(6-4-8)14-7-10(17)15-12(13)19/h3-6,14H,7H2,1-2H3,(H3,13,15,17,19). The van der Waals surface area contributed by atoms with Crippen molar-refractivity contribution in [2.75, 3.05) is 26.0 Å². The first kappa shape index (κ1) is 14.5. The molecule has 7 nitrogen and oxygen atoms in total. The summed E-state index contributed by atoms with van der Waals surface area (Å²) < 4.78 is 0. The molecule has 0 aromatic heterocycles. The third kappa shape index (κ3) is 4.66. The predicted molar refractivity (Wildman–Crippen MR) is 70.7 cm³/mol. The minimum atomic E-state index is -0.890. The first-order valence-electron chi connectivity index (χ1n) is 5.55. The summed E-state index contributed by atoms with van der Waals surface area (Å²) in [6.45, 7) is -0.0795. The molecule has 1 aromatic rings. The predicted octanol–water partition coefficient (Wildman–Crippen LogP) is -0.00480. The molecule has 4 N–H and O–H groups in total. The molecule has 0 aliphatic rings. The van der Waals surface area contributed by atoms with Gasteiger partial charge in [0.05, 0.1) is 6.54 Å². The van der Waals surface area contributed by atoms with Crippen LogP contribution in [0.5, 0.6) is 0 Å². The first-order chi connectivity index (χ1) is 8.90. The number of hydrogen-bond donors (Lipinski definition) is 3. The molecule has 0 atom stereocenters. The second-order valence-electron chi connectivity index (χ2n) is 4.04. The molecular formula is C12H16N4O3. The number of benzene rings is 1. The average Bonchev–Trinajstić information content (AvgIpc) is 2.35. The number of nitrogens with two attached hydrogens (primary N) is 1. The second-order valence-corrected chi connectivity index (χ2v) is 4.04. The van der Waals surface area contributed by atoms with Crippen molar-refractivity contribution >= 4 is 23.5 Å². The Morgan fingerprint density at radius 3 is 2.21 bits per heavy atom. The van der Waals surface area contributed by atoms with Gasteiger partial charge in [0, 0.05) is 25.3 Å². The smallest absolute Gasteiger partial charge is 0.318 e. The number of carbonyl (C=O) groups is 3. The Morgan fingerprint density at radius 2 is 1.74 bits per heavy atom. The molecule has 1 rings (SSSR count). The first-order valence-corrected chi connectivity index (χ1v) is 5.55.